The van der Waals surface area contributed by atoms with Crippen LogP contribution in [0.15, 0.2) is 35.2 Å². The summed E-state index contributed by atoms with van der Waals surface area (Å²) in [6.07, 6.45) is 4.25. The summed E-state index contributed by atoms with van der Waals surface area (Å²) in [5.41, 5.74) is 2.25. The van der Waals surface area contributed by atoms with Crippen molar-refractivity contribution in [2.24, 2.45) is 0 Å². The molecule has 2 aromatic rings. The maximum absolute atomic E-state index is 13.0. The number of nitrogens with zero attached hydrogens (tertiary/aromatic N) is 4. The van der Waals surface area contributed by atoms with Crippen LogP contribution in [0.4, 0.5) is 5.82 Å². The van der Waals surface area contributed by atoms with E-state index in [0.717, 1.165) is 42.9 Å². The molecule has 4 rings (SSSR count). The average Bonchev–Trinajstić information content (AvgIpc) is 3.36. The summed E-state index contributed by atoms with van der Waals surface area (Å²) in [6.45, 7) is 5.11. The highest BCUT2D eigenvalue weighted by Gasteiger charge is 2.28. The van der Waals surface area contributed by atoms with Crippen molar-refractivity contribution in [3.63, 3.8) is 0 Å². The zero-order valence-electron chi connectivity index (χ0n) is 15.1. The minimum Gasteiger partial charge on any atom is -0.355 e. The quantitative estimate of drug-likeness (QED) is 0.826. The van der Waals surface area contributed by atoms with Crippen LogP contribution >= 0.6 is 0 Å². The molecule has 1 aromatic heterocycles. The smallest absolute Gasteiger partial charge is 0.243 e. The zero-order chi connectivity index (χ0) is 18.1. The fourth-order valence-corrected chi connectivity index (χ4v) is 5.47. The van der Waals surface area contributed by atoms with Crippen molar-refractivity contribution in [2.45, 2.75) is 37.5 Å². The normalized spacial score (nSPS) is 18.6. The van der Waals surface area contributed by atoms with Crippen LogP contribution in [0.25, 0.3) is 11.3 Å². The van der Waals surface area contributed by atoms with Crippen molar-refractivity contribution in [2.75, 3.05) is 31.1 Å². The highest BCUT2D eigenvalue weighted by molar-refractivity contribution is 7.89. The SMILES string of the molecule is Cc1ccc(-c2ccc(N3CCCC3)nn2)cc1S(=O)(=O)N1CCCC1. The minimum absolute atomic E-state index is 0.377. The molecule has 3 heterocycles. The number of sulfonamides is 1. The van der Waals surface area contributed by atoms with Crippen LogP contribution in [-0.2, 0) is 10.0 Å². The summed E-state index contributed by atoms with van der Waals surface area (Å²) >= 11 is 0. The molecule has 0 bridgehead atoms. The van der Waals surface area contributed by atoms with Crippen molar-refractivity contribution in [3.8, 4) is 11.3 Å². The third-order valence-corrected chi connectivity index (χ3v) is 7.29. The van der Waals surface area contributed by atoms with Gasteiger partial charge in [0.05, 0.1) is 10.6 Å². The van der Waals surface area contributed by atoms with Crippen molar-refractivity contribution in [1.29, 1.82) is 0 Å². The van der Waals surface area contributed by atoms with E-state index in [2.05, 4.69) is 15.1 Å². The molecule has 2 fully saturated rings. The van der Waals surface area contributed by atoms with Gasteiger partial charge in [-0.2, -0.15) is 4.31 Å². The molecular weight excluding hydrogens is 348 g/mol. The Morgan fingerprint density at radius 1 is 0.885 bits per heavy atom. The number of hydrogen-bond donors (Lipinski definition) is 0. The Morgan fingerprint density at radius 3 is 2.23 bits per heavy atom. The lowest BCUT2D eigenvalue weighted by atomic mass is 10.1. The summed E-state index contributed by atoms with van der Waals surface area (Å²) in [6, 6.07) is 9.41. The third-order valence-electron chi connectivity index (χ3n) is 5.25. The highest BCUT2D eigenvalue weighted by Crippen LogP contribution is 2.28. The second-order valence-corrected chi connectivity index (χ2v) is 8.97. The van der Waals surface area contributed by atoms with Crippen LogP contribution in [-0.4, -0.2) is 49.1 Å². The van der Waals surface area contributed by atoms with Crippen molar-refractivity contribution in [3.05, 3.63) is 35.9 Å². The second-order valence-electron chi connectivity index (χ2n) is 7.06. The van der Waals surface area contributed by atoms with Gasteiger partial charge in [0.15, 0.2) is 5.82 Å². The van der Waals surface area contributed by atoms with Crippen molar-refractivity contribution < 1.29 is 8.42 Å². The van der Waals surface area contributed by atoms with Crippen LogP contribution in [0.3, 0.4) is 0 Å². The van der Waals surface area contributed by atoms with E-state index in [1.807, 2.05) is 31.2 Å². The van der Waals surface area contributed by atoms with Crippen LogP contribution in [0.2, 0.25) is 0 Å². The Kier molecular flexibility index (Phi) is 4.67. The molecule has 138 valence electrons. The maximum Gasteiger partial charge on any atom is 0.243 e. The van der Waals surface area contributed by atoms with Gasteiger partial charge in [0.1, 0.15) is 0 Å². The molecule has 26 heavy (non-hydrogen) atoms. The molecule has 0 spiro atoms. The Labute approximate surface area is 154 Å². The standard InChI is InChI=1S/C19H24N4O2S/c1-15-6-7-16(14-18(15)26(24,25)23-12-4-5-13-23)17-8-9-19(21-20-17)22-10-2-3-11-22/h6-9,14H,2-5,10-13H2,1H3. The van der Waals surface area contributed by atoms with Gasteiger partial charge in [-0.05, 0) is 56.4 Å². The molecule has 0 N–H and O–H groups in total. The van der Waals surface area contributed by atoms with Crippen molar-refractivity contribution in [1.82, 2.24) is 14.5 Å². The largest absolute Gasteiger partial charge is 0.355 e. The summed E-state index contributed by atoms with van der Waals surface area (Å²) in [5, 5.41) is 8.69. The van der Waals surface area contributed by atoms with E-state index in [1.54, 1.807) is 10.4 Å². The topological polar surface area (TPSA) is 66.4 Å². The molecule has 2 saturated heterocycles. The maximum atomic E-state index is 13.0. The van der Waals surface area contributed by atoms with E-state index >= 15 is 0 Å². The van der Waals surface area contributed by atoms with E-state index in [1.165, 1.54) is 12.8 Å². The fraction of sp³-hybridized carbons (Fsp3) is 0.474. The van der Waals surface area contributed by atoms with Crippen molar-refractivity contribution >= 4 is 15.8 Å². The molecule has 0 amide bonds. The Balaban J connectivity index is 1.65. The monoisotopic (exact) mass is 372 g/mol. The van der Waals surface area contributed by atoms with Gasteiger partial charge < -0.3 is 4.90 Å². The Bertz CT molecular complexity index is 884. The van der Waals surface area contributed by atoms with Gasteiger partial charge in [-0.3, -0.25) is 0 Å². The van der Waals surface area contributed by atoms with E-state index < -0.39 is 10.0 Å². The predicted octanol–water partition coefficient (Wildman–Crippen LogP) is 2.84. The molecule has 0 saturated carbocycles. The summed E-state index contributed by atoms with van der Waals surface area (Å²) in [5.74, 6) is 0.892. The number of aromatic nitrogens is 2. The van der Waals surface area contributed by atoms with E-state index in [0.29, 0.717) is 23.7 Å². The van der Waals surface area contributed by atoms with Gasteiger partial charge >= 0.3 is 0 Å². The van der Waals surface area contributed by atoms with E-state index in [9.17, 15) is 8.42 Å². The number of anilines is 1. The third kappa shape index (κ3) is 3.21. The molecule has 1 aromatic carbocycles. The minimum atomic E-state index is -3.44. The first-order valence-electron chi connectivity index (χ1n) is 9.25. The average molecular weight is 372 g/mol. The first-order chi connectivity index (χ1) is 12.6. The first kappa shape index (κ1) is 17.4. The molecular formula is C19H24N4O2S. The fourth-order valence-electron chi connectivity index (χ4n) is 3.70. The highest BCUT2D eigenvalue weighted by atomic mass is 32.2. The molecule has 2 aliphatic rings. The van der Waals surface area contributed by atoms with Gasteiger partial charge in [-0.1, -0.05) is 12.1 Å². The predicted molar refractivity (Wildman–Crippen MR) is 102 cm³/mol. The number of hydrogen-bond acceptors (Lipinski definition) is 5. The lowest BCUT2D eigenvalue weighted by molar-refractivity contribution is 0.477. The Morgan fingerprint density at radius 2 is 1.58 bits per heavy atom. The molecule has 0 aliphatic carbocycles. The van der Waals surface area contributed by atoms with E-state index in [-0.39, 0.29) is 0 Å². The second kappa shape index (κ2) is 6.96. The summed E-state index contributed by atoms with van der Waals surface area (Å²) < 4.78 is 27.5. The van der Waals surface area contributed by atoms with Gasteiger partial charge in [-0.25, -0.2) is 8.42 Å². The molecule has 0 unspecified atom stereocenters. The molecule has 0 atom stereocenters. The molecule has 7 heteroatoms. The zero-order valence-corrected chi connectivity index (χ0v) is 15.9. The summed E-state index contributed by atoms with van der Waals surface area (Å²) in [4.78, 5) is 2.61. The van der Waals surface area contributed by atoms with Crippen LogP contribution < -0.4 is 4.90 Å². The molecule has 6 nitrogen and oxygen atoms in total. The van der Waals surface area contributed by atoms with Crippen LogP contribution in [0, 0.1) is 6.92 Å². The summed E-state index contributed by atoms with van der Waals surface area (Å²) in [7, 11) is -3.44. The number of benzene rings is 1. The van der Waals surface area contributed by atoms with Gasteiger partial charge in [0, 0.05) is 31.7 Å². The van der Waals surface area contributed by atoms with Gasteiger partial charge in [0.2, 0.25) is 10.0 Å². The Hall–Kier alpha value is -1.99. The molecule has 2 aliphatic heterocycles. The lowest BCUT2D eigenvalue weighted by Gasteiger charge is -2.18. The lowest BCUT2D eigenvalue weighted by Crippen LogP contribution is -2.28. The van der Waals surface area contributed by atoms with Crippen LogP contribution in [0.5, 0.6) is 0 Å². The number of aryl methyl sites for hydroxylation is 1. The molecule has 0 radical (unpaired) electrons. The van der Waals surface area contributed by atoms with Gasteiger partial charge in [0.25, 0.3) is 0 Å². The first-order valence-corrected chi connectivity index (χ1v) is 10.7. The number of rotatable bonds is 4. The van der Waals surface area contributed by atoms with Gasteiger partial charge in [-0.15, -0.1) is 10.2 Å². The van der Waals surface area contributed by atoms with Crippen LogP contribution in [0.1, 0.15) is 31.2 Å². The van der Waals surface area contributed by atoms with E-state index in [4.69, 9.17) is 0 Å².